The lowest BCUT2D eigenvalue weighted by Crippen LogP contribution is -2.29. The van der Waals surface area contributed by atoms with Crippen LogP contribution in [0.3, 0.4) is 0 Å². The van der Waals surface area contributed by atoms with E-state index in [1.54, 1.807) is 32.4 Å². The Balaban J connectivity index is 1.62. The van der Waals surface area contributed by atoms with Crippen molar-refractivity contribution in [1.29, 1.82) is 0 Å². The Bertz CT molecular complexity index is 948. The molecule has 3 rings (SSSR count). The van der Waals surface area contributed by atoms with Crippen LogP contribution in [0.1, 0.15) is 22.9 Å². The van der Waals surface area contributed by atoms with E-state index in [1.807, 2.05) is 0 Å². The number of H-pyrrole nitrogens is 2. The fourth-order valence-electron chi connectivity index (χ4n) is 2.27. The van der Waals surface area contributed by atoms with Gasteiger partial charge in [0.05, 0.1) is 19.2 Å². The van der Waals surface area contributed by atoms with Crippen molar-refractivity contribution in [3.63, 3.8) is 0 Å². The van der Waals surface area contributed by atoms with Gasteiger partial charge in [0, 0.05) is 23.7 Å². The van der Waals surface area contributed by atoms with E-state index in [0.717, 1.165) is 0 Å². The van der Waals surface area contributed by atoms with Gasteiger partial charge in [0.1, 0.15) is 17.3 Å². The molecule has 3 N–H and O–H groups in total. The average Bonchev–Trinajstić information content (AvgIpc) is 3.06. The van der Waals surface area contributed by atoms with Gasteiger partial charge in [0.15, 0.2) is 0 Å². The first-order chi connectivity index (χ1) is 12.0. The van der Waals surface area contributed by atoms with Gasteiger partial charge >= 0.3 is 0 Å². The number of carbonyl (C=O) groups excluding carboxylic acids is 1. The van der Waals surface area contributed by atoms with Crippen LogP contribution in [-0.4, -0.2) is 41.0 Å². The summed E-state index contributed by atoms with van der Waals surface area (Å²) in [6.45, 7) is 3.55. The van der Waals surface area contributed by atoms with Crippen molar-refractivity contribution in [3.05, 3.63) is 51.9 Å². The third kappa shape index (κ3) is 3.91. The van der Waals surface area contributed by atoms with E-state index in [9.17, 15) is 9.59 Å². The van der Waals surface area contributed by atoms with E-state index < -0.39 is 0 Å². The molecule has 0 bridgehead atoms. The number of nitrogens with zero attached hydrogens (tertiary/aromatic N) is 5. The van der Waals surface area contributed by atoms with Crippen LogP contribution < -0.4 is 10.9 Å². The summed E-state index contributed by atoms with van der Waals surface area (Å²) in [5.41, 5.74) is 1.12. The molecule has 0 radical (unpaired) electrons. The molecule has 0 aromatic carbocycles. The Labute approximate surface area is 142 Å². The van der Waals surface area contributed by atoms with Gasteiger partial charge in [-0.2, -0.15) is 5.10 Å². The van der Waals surface area contributed by atoms with E-state index in [4.69, 9.17) is 0 Å². The maximum absolute atomic E-state index is 12.1. The molecule has 3 aromatic heterocycles. The quantitative estimate of drug-likeness (QED) is 0.585. The monoisotopic (exact) mass is 340 g/mol. The molecule has 0 aliphatic carbocycles. The first-order valence-electron chi connectivity index (χ1n) is 7.53. The molecule has 0 aliphatic rings. The van der Waals surface area contributed by atoms with Crippen molar-refractivity contribution in [2.24, 2.45) is 0 Å². The minimum Gasteiger partial charge on any atom is -0.349 e. The van der Waals surface area contributed by atoms with E-state index in [1.165, 1.54) is 0 Å². The smallest absolute Gasteiger partial charge is 0.254 e. The van der Waals surface area contributed by atoms with Crippen molar-refractivity contribution in [3.8, 4) is 11.5 Å². The Morgan fingerprint density at radius 1 is 1.24 bits per heavy atom. The molecule has 0 spiro atoms. The Hall–Kier alpha value is -3.43. The third-order valence-corrected chi connectivity index (χ3v) is 3.45. The highest BCUT2D eigenvalue weighted by molar-refractivity contribution is 5.78. The zero-order chi connectivity index (χ0) is 17.8. The van der Waals surface area contributed by atoms with Crippen LogP contribution in [-0.2, 0) is 17.8 Å². The summed E-state index contributed by atoms with van der Waals surface area (Å²) in [7, 11) is 0. The van der Waals surface area contributed by atoms with Gasteiger partial charge in [-0.3, -0.25) is 19.7 Å². The first kappa shape index (κ1) is 16.4. The summed E-state index contributed by atoms with van der Waals surface area (Å²) in [5.74, 6) is 1.08. The molecule has 10 nitrogen and oxygen atoms in total. The second-order valence-electron chi connectivity index (χ2n) is 5.37. The number of aromatic nitrogens is 7. The minimum atomic E-state index is -0.309. The molecule has 128 valence electrons. The first-order valence-corrected chi connectivity index (χ1v) is 7.53. The summed E-state index contributed by atoms with van der Waals surface area (Å²) in [6.07, 6.45) is 4.59. The Morgan fingerprint density at radius 2 is 2.08 bits per heavy atom. The zero-order valence-corrected chi connectivity index (χ0v) is 13.7. The highest BCUT2D eigenvalue weighted by Gasteiger charge is 2.13. The predicted octanol–water partition coefficient (Wildman–Crippen LogP) is -0.179. The molecule has 0 unspecified atom stereocenters. The summed E-state index contributed by atoms with van der Waals surface area (Å²) in [6, 6.07) is 0. The maximum Gasteiger partial charge on any atom is 0.254 e. The second kappa shape index (κ2) is 6.99. The van der Waals surface area contributed by atoms with E-state index in [-0.39, 0.29) is 24.4 Å². The summed E-state index contributed by atoms with van der Waals surface area (Å²) < 4.78 is 0. The largest absolute Gasteiger partial charge is 0.349 e. The number of carbonyl (C=O) groups is 1. The van der Waals surface area contributed by atoms with Gasteiger partial charge in [-0.1, -0.05) is 0 Å². The Kier molecular flexibility index (Phi) is 4.59. The number of hydrogen-bond donors (Lipinski definition) is 3. The highest BCUT2D eigenvalue weighted by atomic mass is 16.2. The number of rotatable bonds is 5. The van der Waals surface area contributed by atoms with Gasteiger partial charge < -0.3 is 10.3 Å². The minimum absolute atomic E-state index is 0.0560. The molecule has 0 aliphatic heterocycles. The second-order valence-corrected chi connectivity index (χ2v) is 5.37. The molecule has 3 aromatic rings. The lowest BCUT2D eigenvalue weighted by molar-refractivity contribution is -0.120. The third-order valence-electron chi connectivity index (χ3n) is 3.45. The van der Waals surface area contributed by atoms with Gasteiger partial charge in [0.25, 0.3) is 5.56 Å². The average molecular weight is 340 g/mol. The zero-order valence-electron chi connectivity index (χ0n) is 13.7. The Morgan fingerprint density at radius 3 is 2.80 bits per heavy atom. The van der Waals surface area contributed by atoms with Gasteiger partial charge in [-0.05, 0) is 13.8 Å². The van der Waals surface area contributed by atoms with Gasteiger partial charge in [0.2, 0.25) is 11.7 Å². The number of amides is 1. The predicted molar refractivity (Wildman–Crippen MR) is 87.3 cm³/mol. The molecular weight excluding hydrogens is 324 g/mol. The molecule has 25 heavy (non-hydrogen) atoms. The van der Waals surface area contributed by atoms with E-state index in [2.05, 4.69) is 40.4 Å². The van der Waals surface area contributed by atoms with Crippen LogP contribution >= 0.6 is 0 Å². The SMILES string of the molecule is Cc1nc(C)c(CC(=O)NCc2nc(-c3cnccn3)n[nH]2)c(=O)[nH]1. The molecule has 3 heterocycles. The molecule has 1 amide bonds. The lowest BCUT2D eigenvalue weighted by Gasteiger charge is -2.05. The van der Waals surface area contributed by atoms with Crippen molar-refractivity contribution in [2.45, 2.75) is 26.8 Å². The number of hydrogen-bond acceptors (Lipinski definition) is 7. The highest BCUT2D eigenvalue weighted by Crippen LogP contribution is 2.08. The van der Waals surface area contributed by atoms with Crippen LogP contribution in [0.2, 0.25) is 0 Å². The maximum atomic E-state index is 12.1. The van der Waals surface area contributed by atoms with Crippen molar-refractivity contribution >= 4 is 5.91 Å². The summed E-state index contributed by atoms with van der Waals surface area (Å²) in [4.78, 5) is 43.0. The topological polar surface area (TPSA) is 142 Å². The molecule has 0 saturated carbocycles. The molecule has 0 atom stereocenters. The van der Waals surface area contributed by atoms with Crippen molar-refractivity contribution < 1.29 is 4.79 Å². The van der Waals surface area contributed by atoms with Gasteiger partial charge in [-0.15, -0.1) is 0 Å². The van der Waals surface area contributed by atoms with Crippen LogP contribution in [0.25, 0.3) is 11.5 Å². The molecule has 0 fully saturated rings. The number of aryl methyl sites for hydroxylation is 2. The van der Waals surface area contributed by atoms with E-state index in [0.29, 0.717) is 34.4 Å². The lowest BCUT2D eigenvalue weighted by atomic mass is 10.1. The van der Waals surface area contributed by atoms with Gasteiger partial charge in [-0.25, -0.2) is 15.0 Å². The van der Waals surface area contributed by atoms with Crippen LogP contribution in [0, 0.1) is 13.8 Å². The van der Waals surface area contributed by atoms with Crippen LogP contribution in [0.5, 0.6) is 0 Å². The van der Waals surface area contributed by atoms with Crippen molar-refractivity contribution in [1.82, 2.24) is 40.4 Å². The van der Waals surface area contributed by atoms with Crippen molar-refractivity contribution in [2.75, 3.05) is 0 Å². The van der Waals surface area contributed by atoms with Crippen LogP contribution in [0.15, 0.2) is 23.4 Å². The number of nitrogens with one attached hydrogen (secondary N) is 3. The molecular formula is C15H16N8O2. The fourth-order valence-corrected chi connectivity index (χ4v) is 2.27. The molecule has 10 heteroatoms. The fraction of sp³-hybridized carbons (Fsp3) is 0.267. The summed E-state index contributed by atoms with van der Waals surface area (Å²) in [5, 5.41) is 9.45. The summed E-state index contributed by atoms with van der Waals surface area (Å²) >= 11 is 0. The normalized spacial score (nSPS) is 10.6. The number of aromatic amines is 2. The van der Waals surface area contributed by atoms with Crippen LogP contribution in [0.4, 0.5) is 0 Å². The standard InChI is InChI=1S/C15H16N8O2/c1-8-10(15(25)20-9(2)19-8)5-13(24)18-7-12-21-14(23-22-12)11-6-16-3-4-17-11/h3-4,6H,5,7H2,1-2H3,(H,18,24)(H,19,20,25)(H,21,22,23). The molecule has 0 saturated heterocycles. The van der Waals surface area contributed by atoms with E-state index >= 15 is 0 Å².